The average molecular weight is 598 g/mol. The van der Waals surface area contributed by atoms with Gasteiger partial charge in [-0.2, -0.15) is 0 Å². The normalized spacial score (nSPS) is 30.3. The number of hydrogen-bond donors (Lipinski definition) is 4. The highest BCUT2D eigenvalue weighted by atomic mass is 16.3. The van der Waals surface area contributed by atoms with E-state index in [9.17, 15) is 19.5 Å². The molecule has 2 saturated heterocycles. The number of fused-ring (bicyclic) bond motifs is 1. The largest absolute Gasteiger partial charge is 0.511 e. The van der Waals surface area contributed by atoms with Crippen molar-refractivity contribution in [2.75, 3.05) is 39.3 Å². The zero-order valence-electron chi connectivity index (χ0n) is 26.8. The third kappa shape index (κ3) is 5.71. The van der Waals surface area contributed by atoms with Crippen LogP contribution in [0.5, 0.6) is 0 Å². The van der Waals surface area contributed by atoms with Crippen LogP contribution in [0.25, 0.3) is 0 Å². The van der Waals surface area contributed by atoms with Crippen LogP contribution < -0.4 is 16.0 Å². The molecule has 0 aromatic heterocycles. The number of aliphatic hydroxyl groups is 1. The number of hydrogen-bond acceptors (Lipinski definition) is 6. The summed E-state index contributed by atoms with van der Waals surface area (Å²) in [7, 11) is 0. The Bertz CT molecular complexity index is 1110. The average Bonchev–Trinajstić information content (AvgIpc) is 3.20. The van der Waals surface area contributed by atoms with Crippen LogP contribution in [0.1, 0.15) is 91.4 Å². The summed E-state index contributed by atoms with van der Waals surface area (Å²) < 4.78 is 0. The van der Waals surface area contributed by atoms with E-state index in [1.54, 1.807) is 4.90 Å². The van der Waals surface area contributed by atoms with Crippen molar-refractivity contribution >= 4 is 17.7 Å². The van der Waals surface area contributed by atoms with E-state index in [0.29, 0.717) is 18.9 Å². The summed E-state index contributed by atoms with van der Waals surface area (Å²) in [6, 6.07) is -1.04. The van der Waals surface area contributed by atoms with Crippen molar-refractivity contribution in [1.29, 1.82) is 0 Å². The molecule has 9 heteroatoms. The van der Waals surface area contributed by atoms with Crippen LogP contribution in [0, 0.1) is 28.1 Å². The van der Waals surface area contributed by atoms with Crippen LogP contribution in [-0.2, 0) is 14.4 Å². The van der Waals surface area contributed by atoms with Crippen LogP contribution in [0.15, 0.2) is 24.6 Å². The van der Waals surface area contributed by atoms with Gasteiger partial charge >= 0.3 is 0 Å². The van der Waals surface area contributed by atoms with E-state index in [1.165, 1.54) is 12.8 Å². The molecular weight excluding hydrogens is 542 g/mol. The maximum atomic E-state index is 13.8. The first-order chi connectivity index (χ1) is 20.5. The molecule has 0 aromatic carbocycles. The first-order valence-corrected chi connectivity index (χ1v) is 16.9. The molecule has 43 heavy (non-hydrogen) atoms. The second-order valence-corrected chi connectivity index (χ2v) is 14.7. The topological polar surface area (TPSA) is 114 Å². The molecule has 2 aliphatic heterocycles. The highest BCUT2D eigenvalue weighted by Gasteiger charge is 2.85. The van der Waals surface area contributed by atoms with Crippen molar-refractivity contribution in [3.63, 3.8) is 0 Å². The molecule has 1 unspecified atom stereocenters. The summed E-state index contributed by atoms with van der Waals surface area (Å²) in [4.78, 5) is 45.0. The standard InChI is InChI=1S/C34H55N5O4/c1-6-38-17-10-14-26(21-38)24(3)37-29(25-12-8-7-9-13-25)31(43)36-20-28(41)39-22-34(32(4,5)33(34)15-11-16-33)18-27(39)30(42)35-19-23(2)40/h25-27,29,37,40H,2-3,6-22H2,1,4-5H3,(H,35,42)(H,36,43)/t26-,27-,29-,34?/m0/s1. The maximum absolute atomic E-state index is 13.8. The van der Waals surface area contributed by atoms with Gasteiger partial charge in [0.2, 0.25) is 17.7 Å². The summed E-state index contributed by atoms with van der Waals surface area (Å²) in [6.07, 6.45) is 11.7. The van der Waals surface area contributed by atoms with Gasteiger partial charge in [0.1, 0.15) is 17.8 Å². The Morgan fingerprint density at radius 3 is 2.28 bits per heavy atom. The molecule has 0 bridgehead atoms. The zero-order chi connectivity index (χ0) is 31.0. The molecule has 5 aliphatic rings. The van der Waals surface area contributed by atoms with Crippen LogP contribution >= 0.6 is 0 Å². The molecule has 4 N–H and O–H groups in total. The summed E-state index contributed by atoms with van der Waals surface area (Å²) in [5.41, 5.74) is 1.08. The number of rotatable bonds is 11. The third-order valence-electron chi connectivity index (χ3n) is 12.5. The smallest absolute Gasteiger partial charge is 0.243 e. The predicted molar refractivity (Wildman–Crippen MR) is 168 cm³/mol. The quantitative estimate of drug-likeness (QED) is 0.269. The number of likely N-dealkylation sites (tertiary alicyclic amines) is 2. The van der Waals surface area contributed by atoms with Crippen LogP contribution in [0.3, 0.4) is 0 Å². The van der Waals surface area contributed by atoms with E-state index in [1.807, 2.05) is 0 Å². The zero-order valence-corrected chi connectivity index (χ0v) is 26.8. The van der Waals surface area contributed by atoms with Gasteiger partial charge in [-0.25, -0.2) is 0 Å². The first-order valence-electron chi connectivity index (χ1n) is 16.9. The van der Waals surface area contributed by atoms with Crippen molar-refractivity contribution in [2.45, 2.75) is 103 Å². The van der Waals surface area contributed by atoms with Gasteiger partial charge in [-0.1, -0.05) is 59.6 Å². The van der Waals surface area contributed by atoms with E-state index in [2.05, 4.69) is 54.8 Å². The van der Waals surface area contributed by atoms with Gasteiger partial charge in [0, 0.05) is 30.1 Å². The fourth-order valence-corrected chi connectivity index (χ4v) is 9.59. The minimum absolute atomic E-state index is 0.0364. The van der Waals surface area contributed by atoms with E-state index < -0.39 is 12.1 Å². The Morgan fingerprint density at radius 1 is 0.953 bits per heavy atom. The van der Waals surface area contributed by atoms with E-state index in [-0.39, 0.29) is 58.7 Å². The van der Waals surface area contributed by atoms with Gasteiger partial charge in [0.15, 0.2) is 0 Å². The van der Waals surface area contributed by atoms with Crippen molar-refractivity contribution in [3.8, 4) is 0 Å². The number of amides is 3. The molecule has 3 aliphatic carbocycles. The molecule has 3 amide bonds. The lowest BCUT2D eigenvalue weighted by molar-refractivity contribution is -0.139. The summed E-state index contributed by atoms with van der Waals surface area (Å²) in [5, 5.41) is 18.9. The van der Waals surface area contributed by atoms with Gasteiger partial charge in [-0.3, -0.25) is 14.4 Å². The van der Waals surface area contributed by atoms with Crippen molar-refractivity contribution in [2.24, 2.45) is 28.1 Å². The number of carbonyl (C=O) groups excluding carboxylic acids is 3. The van der Waals surface area contributed by atoms with Crippen LogP contribution in [0.2, 0.25) is 0 Å². The molecule has 5 fully saturated rings. The van der Waals surface area contributed by atoms with Gasteiger partial charge in [-0.05, 0) is 74.8 Å². The van der Waals surface area contributed by atoms with Gasteiger partial charge in [0.25, 0.3) is 0 Å². The minimum atomic E-state index is -0.622. The van der Waals surface area contributed by atoms with Crippen molar-refractivity contribution < 1.29 is 19.5 Å². The van der Waals surface area contributed by atoms with Crippen LogP contribution in [-0.4, -0.2) is 84.0 Å². The van der Waals surface area contributed by atoms with Crippen molar-refractivity contribution in [3.05, 3.63) is 24.6 Å². The van der Waals surface area contributed by atoms with E-state index in [4.69, 9.17) is 0 Å². The van der Waals surface area contributed by atoms with E-state index in [0.717, 1.165) is 76.7 Å². The molecule has 2 heterocycles. The highest BCUT2D eigenvalue weighted by molar-refractivity contribution is 5.92. The lowest BCUT2D eigenvalue weighted by Crippen LogP contribution is -2.53. The Kier molecular flexibility index (Phi) is 9.22. The highest BCUT2D eigenvalue weighted by Crippen LogP contribution is 2.88. The molecule has 4 atom stereocenters. The van der Waals surface area contributed by atoms with Crippen LogP contribution in [0.4, 0.5) is 0 Å². The molecule has 3 saturated carbocycles. The molecule has 5 rings (SSSR count). The number of piperidine rings is 1. The minimum Gasteiger partial charge on any atom is -0.511 e. The maximum Gasteiger partial charge on any atom is 0.243 e. The van der Waals surface area contributed by atoms with E-state index >= 15 is 0 Å². The molecule has 0 aromatic rings. The summed E-state index contributed by atoms with van der Waals surface area (Å²) >= 11 is 0. The molecular formula is C34H55N5O4. The number of nitrogens with zero attached hydrogens (tertiary/aromatic N) is 2. The molecule has 0 radical (unpaired) electrons. The Morgan fingerprint density at radius 2 is 1.67 bits per heavy atom. The summed E-state index contributed by atoms with van der Waals surface area (Å²) in [6.45, 7) is 18.1. The number of nitrogens with one attached hydrogen (secondary N) is 3. The fourth-order valence-electron chi connectivity index (χ4n) is 9.59. The second kappa shape index (κ2) is 12.4. The first kappa shape index (κ1) is 31.9. The Hall–Kier alpha value is -2.55. The Balaban J connectivity index is 1.26. The lowest BCUT2D eigenvalue weighted by Gasteiger charge is -2.36. The van der Waals surface area contributed by atoms with Crippen molar-refractivity contribution in [1.82, 2.24) is 25.8 Å². The summed E-state index contributed by atoms with van der Waals surface area (Å²) in [5.74, 6) is -0.249. The van der Waals surface area contributed by atoms with Gasteiger partial charge in [0.05, 0.1) is 13.1 Å². The fraction of sp³-hybridized carbons (Fsp3) is 0.794. The SMILES string of the molecule is C=C(O)CNC(=O)[C@@H]1CC2(CN1C(=O)CNC(=O)[C@@H](NC(=C)[C@H]1CCCN(CC)C1)C1CCCCC1)C(C)(C)C21CCC1. The molecule has 240 valence electrons. The molecule has 2 spiro atoms. The molecule has 9 nitrogen and oxygen atoms in total. The Labute approximate surface area is 258 Å². The lowest BCUT2D eigenvalue weighted by atomic mass is 9.73. The number of carbonyl (C=O) groups is 3. The van der Waals surface area contributed by atoms with Gasteiger partial charge < -0.3 is 30.9 Å². The number of aliphatic hydroxyl groups excluding tert-OH is 1. The van der Waals surface area contributed by atoms with Gasteiger partial charge in [-0.15, -0.1) is 0 Å². The predicted octanol–water partition coefficient (Wildman–Crippen LogP) is 3.87. The third-order valence-corrected chi connectivity index (χ3v) is 12.5. The second-order valence-electron chi connectivity index (χ2n) is 14.7. The monoisotopic (exact) mass is 597 g/mol.